The highest BCUT2D eigenvalue weighted by atomic mass is 32.2. The Morgan fingerprint density at radius 2 is 1.57 bits per heavy atom. The molecule has 0 aliphatic rings. The molecule has 0 fully saturated rings. The Morgan fingerprint density at radius 1 is 0.964 bits per heavy atom. The summed E-state index contributed by atoms with van der Waals surface area (Å²) in [5, 5.41) is 0. The van der Waals surface area contributed by atoms with Crippen LogP contribution in [0.1, 0.15) is 34.0 Å². The number of benzene rings is 2. The van der Waals surface area contributed by atoms with E-state index in [4.69, 9.17) is 0 Å². The Balaban J connectivity index is 2.08. The lowest BCUT2D eigenvalue weighted by Crippen LogP contribution is -2.39. The van der Waals surface area contributed by atoms with Gasteiger partial charge >= 0.3 is 0 Å². The van der Waals surface area contributed by atoms with Crippen LogP contribution in [-0.4, -0.2) is 50.0 Å². The second-order valence-corrected chi connectivity index (χ2v) is 9.07. The normalized spacial score (nSPS) is 11.5. The molecule has 6 nitrogen and oxygen atoms in total. The number of ketones is 1. The minimum atomic E-state index is -3.82. The molecule has 0 N–H and O–H groups in total. The van der Waals surface area contributed by atoms with Crippen molar-refractivity contribution >= 4 is 21.7 Å². The zero-order valence-corrected chi connectivity index (χ0v) is 17.7. The first-order valence-electron chi connectivity index (χ1n) is 8.90. The predicted octanol–water partition coefficient (Wildman–Crippen LogP) is 2.79. The van der Waals surface area contributed by atoms with E-state index in [1.54, 1.807) is 7.05 Å². The number of hydrogen-bond acceptors (Lipinski definition) is 4. The van der Waals surface area contributed by atoms with Crippen molar-refractivity contribution < 1.29 is 18.0 Å². The Morgan fingerprint density at radius 3 is 2.11 bits per heavy atom. The minimum Gasteiger partial charge on any atom is -0.340 e. The van der Waals surface area contributed by atoms with Crippen LogP contribution in [0.3, 0.4) is 0 Å². The molecule has 0 atom stereocenters. The maximum atomic E-state index is 12.7. The number of nitrogens with zero attached hydrogens (tertiary/aromatic N) is 2. The molecule has 7 heteroatoms. The van der Waals surface area contributed by atoms with E-state index in [-0.39, 0.29) is 23.1 Å². The number of aryl methyl sites for hydroxylation is 2. The SMILES string of the molecule is CC(=O)c1ccc(S(=O)(=O)N(C)CC(=O)N(C)Cc2ccc(C)cc2C)cc1. The molecule has 2 rings (SSSR count). The van der Waals surface area contributed by atoms with Gasteiger partial charge in [-0.15, -0.1) is 0 Å². The van der Waals surface area contributed by atoms with Gasteiger partial charge in [-0.25, -0.2) is 8.42 Å². The molecule has 2 aromatic rings. The molecule has 0 heterocycles. The topological polar surface area (TPSA) is 74.8 Å². The Kier molecular flexibility index (Phi) is 6.74. The summed E-state index contributed by atoms with van der Waals surface area (Å²) in [7, 11) is -0.794. The lowest BCUT2D eigenvalue weighted by Gasteiger charge is -2.22. The summed E-state index contributed by atoms with van der Waals surface area (Å²) < 4.78 is 26.4. The molecule has 1 amide bonds. The molecular weight excluding hydrogens is 376 g/mol. The third-order valence-corrected chi connectivity index (χ3v) is 6.48. The van der Waals surface area contributed by atoms with E-state index in [0.29, 0.717) is 12.1 Å². The molecule has 0 aliphatic heterocycles. The zero-order valence-electron chi connectivity index (χ0n) is 16.9. The lowest BCUT2D eigenvalue weighted by atomic mass is 10.1. The van der Waals surface area contributed by atoms with Crippen LogP contribution in [0.25, 0.3) is 0 Å². The average molecular weight is 403 g/mol. The standard InChI is InChI=1S/C21H26N2O4S/c1-15-6-7-19(16(2)12-15)13-22(4)21(25)14-23(5)28(26,27)20-10-8-18(9-11-20)17(3)24/h6-12H,13-14H2,1-5H3. The zero-order chi connectivity index (χ0) is 21.1. The molecule has 0 aromatic heterocycles. The maximum Gasteiger partial charge on any atom is 0.243 e. The van der Waals surface area contributed by atoms with Crippen molar-refractivity contribution in [3.05, 3.63) is 64.7 Å². The quantitative estimate of drug-likeness (QED) is 0.668. The van der Waals surface area contributed by atoms with Crippen molar-refractivity contribution in [2.24, 2.45) is 0 Å². The number of carbonyl (C=O) groups is 2. The van der Waals surface area contributed by atoms with Crippen LogP contribution >= 0.6 is 0 Å². The number of likely N-dealkylation sites (N-methyl/N-ethyl adjacent to an activating group) is 2. The van der Waals surface area contributed by atoms with Gasteiger partial charge in [0.15, 0.2) is 5.78 Å². The fourth-order valence-electron chi connectivity index (χ4n) is 2.80. The number of sulfonamides is 1. The van der Waals surface area contributed by atoms with Crippen LogP contribution in [0.4, 0.5) is 0 Å². The van der Waals surface area contributed by atoms with E-state index >= 15 is 0 Å². The van der Waals surface area contributed by atoms with Gasteiger partial charge in [-0.05, 0) is 44.0 Å². The molecule has 2 aromatic carbocycles. The summed E-state index contributed by atoms with van der Waals surface area (Å²) in [5.74, 6) is -0.438. The largest absolute Gasteiger partial charge is 0.340 e. The van der Waals surface area contributed by atoms with Crippen molar-refractivity contribution in [2.45, 2.75) is 32.2 Å². The molecule has 0 saturated heterocycles. The van der Waals surface area contributed by atoms with Crippen LogP contribution in [0, 0.1) is 13.8 Å². The highest BCUT2D eigenvalue weighted by Gasteiger charge is 2.24. The molecule has 0 unspecified atom stereocenters. The second-order valence-electron chi connectivity index (χ2n) is 7.02. The highest BCUT2D eigenvalue weighted by molar-refractivity contribution is 7.89. The maximum absolute atomic E-state index is 12.7. The van der Waals surface area contributed by atoms with Crippen LogP contribution in [-0.2, 0) is 21.4 Å². The first-order chi connectivity index (χ1) is 13.0. The van der Waals surface area contributed by atoms with Gasteiger partial charge in [0.2, 0.25) is 15.9 Å². The van der Waals surface area contributed by atoms with E-state index in [1.807, 2.05) is 26.0 Å². The fourth-order valence-corrected chi connectivity index (χ4v) is 3.92. The number of hydrogen-bond donors (Lipinski definition) is 0. The first-order valence-corrected chi connectivity index (χ1v) is 10.3. The van der Waals surface area contributed by atoms with Crippen LogP contribution in [0.5, 0.6) is 0 Å². The van der Waals surface area contributed by atoms with Crippen molar-refractivity contribution in [1.82, 2.24) is 9.21 Å². The Bertz CT molecular complexity index is 982. The van der Waals surface area contributed by atoms with Gasteiger partial charge in [0.1, 0.15) is 0 Å². The van der Waals surface area contributed by atoms with Crippen LogP contribution < -0.4 is 0 Å². The summed E-state index contributed by atoms with van der Waals surface area (Å²) >= 11 is 0. The van der Waals surface area contributed by atoms with Crippen LogP contribution in [0.15, 0.2) is 47.4 Å². The average Bonchev–Trinajstić information content (AvgIpc) is 2.63. The summed E-state index contributed by atoms with van der Waals surface area (Å²) in [6.07, 6.45) is 0. The van der Waals surface area contributed by atoms with Gasteiger partial charge in [-0.1, -0.05) is 35.9 Å². The van der Waals surface area contributed by atoms with Gasteiger partial charge in [0.25, 0.3) is 0 Å². The summed E-state index contributed by atoms with van der Waals surface area (Å²) in [6, 6.07) is 11.7. The van der Waals surface area contributed by atoms with E-state index in [9.17, 15) is 18.0 Å². The van der Waals surface area contributed by atoms with Gasteiger partial charge in [-0.2, -0.15) is 4.31 Å². The Hall–Kier alpha value is -2.51. The molecule has 28 heavy (non-hydrogen) atoms. The number of amides is 1. The van der Waals surface area contributed by atoms with Crippen LogP contribution in [0.2, 0.25) is 0 Å². The number of carbonyl (C=O) groups excluding carboxylic acids is 2. The second kappa shape index (κ2) is 8.67. The first kappa shape index (κ1) is 21.8. The molecule has 150 valence electrons. The molecule has 0 radical (unpaired) electrons. The molecule has 0 spiro atoms. The smallest absolute Gasteiger partial charge is 0.243 e. The van der Waals surface area contributed by atoms with E-state index in [0.717, 1.165) is 21.0 Å². The van der Waals surface area contributed by atoms with Gasteiger partial charge in [0, 0.05) is 26.2 Å². The van der Waals surface area contributed by atoms with Gasteiger partial charge in [-0.3, -0.25) is 9.59 Å². The van der Waals surface area contributed by atoms with E-state index < -0.39 is 10.0 Å². The summed E-state index contributed by atoms with van der Waals surface area (Å²) in [6.45, 7) is 5.56. The van der Waals surface area contributed by atoms with Crippen molar-refractivity contribution in [1.29, 1.82) is 0 Å². The monoisotopic (exact) mass is 402 g/mol. The number of Topliss-reactive ketones (excluding diaryl/α,β-unsaturated/α-hetero) is 1. The molecular formula is C21H26N2O4S. The van der Waals surface area contributed by atoms with Crippen molar-refractivity contribution in [2.75, 3.05) is 20.6 Å². The van der Waals surface area contributed by atoms with Gasteiger partial charge in [0.05, 0.1) is 11.4 Å². The summed E-state index contributed by atoms with van der Waals surface area (Å²) in [4.78, 5) is 25.4. The van der Waals surface area contributed by atoms with E-state index in [1.165, 1.54) is 43.1 Å². The Labute approximate surface area is 166 Å². The van der Waals surface area contributed by atoms with E-state index in [2.05, 4.69) is 6.07 Å². The third kappa shape index (κ3) is 5.05. The number of rotatable bonds is 7. The predicted molar refractivity (Wildman–Crippen MR) is 109 cm³/mol. The van der Waals surface area contributed by atoms with Crippen molar-refractivity contribution in [3.63, 3.8) is 0 Å². The molecule has 0 saturated carbocycles. The third-order valence-electron chi connectivity index (χ3n) is 4.66. The molecule has 0 aliphatic carbocycles. The fraction of sp³-hybridized carbons (Fsp3) is 0.333. The van der Waals surface area contributed by atoms with Gasteiger partial charge < -0.3 is 4.90 Å². The lowest BCUT2D eigenvalue weighted by molar-refractivity contribution is -0.130. The summed E-state index contributed by atoms with van der Waals surface area (Å²) in [5.41, 5.74) is 3.70. The highest BCUT2D eigenvalue weighted by Crippen LogP contribution is 2.17. The van der Waals surface area contributed by atoms with Crippen molar-refractivity contribution in [3.8, 4) is 0 Å². The minimum absolute atomic E-state index is 0.0461. The molecule has 0 bridgehead atoms.